The lowest BCUT2D eigenvalue weighted by Gasteiger charge is -2.28. The number of nitrogens with one attached hydrogen (secondary N) is 1. The Labute approximate surface area is 172 Å². The molecular weight excluding hydrogens is 393 g/mol. The molecule has 0 fully saturated rings. The third kappa shape index (κ3) is 3.13. The summed E-state index contributed by atoms with van der Waals surface area (Å²) in [6, 6.07) is 6.87. The molecule has 2 aliphatic rings. The molecular formula is C23H22ClFNO3+. The lowest BCUT2D eigenvalue weighted by molar-refractivity contribution is -0.945. The van der Waals surface area contributed by atoms with Crippen molar-refractivity contribution in [2.24, 2.45) is 0 Å². The standard InChI is InChI=1S/C23H21ClFNO3/c1-13-21-14(9-17-15-5-2-3-6-16(15)23(27)29-22(13)17)10-26(12-28-21)11-18-19(24)7-4-8-20(18)25/h4,7-9H,2-3,5-6,10-12H2,1H3/p+1. The highest BCUT2D eigenvalue weighted by molar-refractivity contribution is 6.31. The van der Waals surface area contributed by atoms with E-state index in [9.17, 15) is 9.18 Å². The molecule has 29 heavy (non-hydrogen) atoms. The second-order valence-corrected chi connectivity index (χ2v) is 8.42. The summed E-state index contributed by atoms with van der Waals surface area (Å²) in [7, 11) is 0. The van der Waals surface area contributed by atoms with Crippen molar-refractivity contribution in [3.8, 4) is 5.75 Å². The van der Waals surface area contributed by atoms with Crippen LogP contribution in [0.25, 0.3) is 11.0 Å². The van der Waals surface area contributed by atoms with Crippen LogP contribution in [0.3, 0.4) is 0 Å². The molecule has 1 aliphatic heterocycles. The molecule has 0 spiro atoms. The maximum Gasteiger partial charge on any atom is 0.339 e. The zero-order chi connectivity index (χ0) is 20.1. The van der Waals surface area contributed by atoms with E-state index in [4.69, 9.17) is 20.8 Å². The lowest BCUT2D eigenvalue weighted by atomic mass is 9.89. The van der Waals surface area contributed by atoms with Gasteiger partial charge in [0.05, 0.1) is 10.6 Å². The summed E-state index contributed by atoms with van der Waals surface area (Å²) in [5.74, 6) is 0.487. The first-order valence-corrected chi connectivity index (χ1v) is 10.4. The van der Waals surface area contributed by atoms with Crippen molar-refractivity contribution in [3.63, 3.8) is 0 Å². The predicted octanol–water partition coefficient (Wildman–Crippen LogP) is 3.71. The topological polar surface area (TPSA) is 43.9 Å². The van der Waals surface area contributed by atoms with Gasteiger partial charge in [0.25, 0.3) is 0 Å². The van der Waals surface area contributed by atoms with Crippen molar-refractivity contribution in [3.05, 3.63) is 73.3 Å². The molecule has 1 atom stereocenters. The Morgan fingerprint density at radius 1 is 1.21 bits per heavy atom. The maximum absolute atomic E-state index is 14.2. The second-order valence-electron chi connectivity index (χ2n) is 8.01. The molecule has 0 saturated heterocycles. The minimum absolute atomic E-state index is 0.215. The van der Waals surface area contributed by atoms with Gasteiger partial charge < -0.3 is 9.15 Å². The molecule has 6 heteroatoms. The number of ether oxygens (including phenoxy) is 1. The van der Waals surface area contributed by atoms with Crippen LogP contribution in [0.1, 0.15) is 40.7 Å². The number of quaternary nitrogens is 1. The van der Waals surface area contributed by atoms with Crippen molar-refractivity contribution in [1.29, 1.82) is 0 Å². The molecule has 4 nitrogen and oxygen atoms in total. The largest absolute Gasteiger partial charge is 0.444 e. The summed E-state index contributed by atoms with van der Waals surface area (Å²) in [5.41, 5.74) is 4.80. The highest BCUT2D eigenvalue weighted by Crippen LogP contribution is 2.36. The molecule has 1 unspecified atom stereocenters. The molecule has 0 saturated carbocycles. The van der Waals surface area contributed by atoms with Gasteiger partial charge in [-0.1, -0.05) is 17.7 Å². The molecule has 0 bridgehead atoms. The molecule has 2 aromatic carbocycles. The van der Waals surface area contributed by atoms with Gasteiger partial charge in [0, 0.05) is 22.1 Å². The van der Waals surface area contributed by atoms with E-state index in [1.807, 2.05) is 6.92 Å². The molecule has 1 N–H and O–H groups in total. The number of aryl methyl sites for hydroxylation is 2. The summed E-state index contributed by atoms with van der Waals surface area (Å²) >= 11 is 6.21. The summed E-state index contributed by atoms with van der Waals surface area (Å²) in [4.78, 5) is 13.5. The Bertz CT molecular complexity index is 1170. The van der Waals surface area contributed by atoms with Crippen molar-refractivity contribution < 1.29 is 18.4 Å². The zero-order valence-electron chi connectivity index (χ0n) is 16.2. The van der Waals surface area contributed by atoms with Gasteiger partial charge in [0.2, 0.25) is 6.73 Å². The Morgan fingerprint density at radius 3 is 2.79 bits per heavy atom. The minimum atomic E-state index is -0.290. The van der Waals surface area contributed by atoms with Gasteiger partial charge >= 0.3 is 5.63 Å². The summed E-state index contributed by atoms with van der Waals surface area (Å²) in [6.45, 7) is 3.49. The number of halogens is 2. The average molecular weight is 415 g/mol. The van der Waals surface area contributed by atoms with E-state index in [-0.39, 0.29) is 11.4 Å². The molecule has 3 aromatic rings. The van der Waals surface area contributed by atoms with E-state index in [0.29, 0.717) is 36.0 Å². The number of hydrogen-bond donors (Lipinski definition) is 1. The predicted molar refractivity (Wildman–Crippen MR) is 109 cm³/mol. The molecule has 5 rings (SSSR count). The smallest absolute Gasteiger partial charge is 0.339 e. The first kappa shape index (κ1) is 18.6. The summed E-state index contributed by atoms with van der Waals surface area (Å²) < 4.78 is 26.0. The molecule has 2 heterocycles. The SMILES string of the molecule is Cc1c2c(cc3c4c(c(=O)oc13)CCCC4)C[NH+](Cc1c(F)cccc1Cl)CO2. The maximum atomic E-state index is 14.2. The van der Waals surface area contributed by atoms with E-state index >= 15 is 0 Å². The highest BCUT2D eigenvalue weighted by atomic mass is 35.5. The quantitative estimate of drug-likeness (QED) is 0.650. The first-order chi connectivity index (χ1) is 14.0. The van der Waals surface area contributed by atoms with Gasteiger partial charge in [-0.05, 0) is 56.4 Å². The Balaban J connectivity index is 1.56. The average Bonchev–Trinajstić information content (AvgIpc) is 2.72. The fourth-order valence-electron chi connectivity index (χ4n) is 4.68. The van der Waals surface area contributed by atoms with E-state index in [1.54, 1.807) is 12.1 Å². The van der Waals surface area contributed by atoms with Crippen molar-refractivity contribution in [2.45, 2.75) is 45.7 Å². The lowest BCUT2D eigenvalue weighted by Crippen LogP contribution is -3.11. The first-order valence-electron chi connectivity index (χ1n) is 10.0. The van der Waals surface area contributed by atoms with Crippen LogP contribution in [0.2, 0.25) is 5.02 Å². The van der Waals surface area contributed by atoms with Gasteiger partial charge in [-0.25, -0.2) is 9.18 Å². The van der Waals surface area contributed by atoms with Gasteiger partial charge in [0.1, 0.15) is 30.2 Å². The normalized spacial score (nSPS) is 18.2. The van der Waals surface area contributed by atoms with E-state index in [2.05, 4.69) is 6.07 Å². The molecule has 1 aromatic heterocycles. The fourth-order valence-corrected chi connectivity index (χ4v) is 4.91. The number of rotatable bonds is 2. The Kier molecular flexibility index (Phi) is 4.60. The van der Waals surface area contributed by atoms with E-state index in [0.717, 1.165) is 64.0 Å². The van der Waals surface area contributed by atoms with Gasteiger partial charge in [0.15, 0.2) is 0 Å². The number of hydrogen-bond acceptors (Lipinski definition) is 3. The van der Waals surface area contributed by atoms with Crippen LogP contribution in [0, 0.1) is 12.7 Å². The fraction of sp³-hybridized carbons (Fsp3) is 0.348. The van der Waals surface area contributed by atoms with Crippen LogP contribution in [0.4, 0.5) is 4.39 Å². The van der Waals surface area contributed by atoms with Crippen molar-refractivity contribution in [1.82, 2.24) is 0 Å². The van der Waals surface area contributed by atoms with Crippen LogP contribution < -0.4 is 15.3 Å². The zero-order valence-corrected chi connectivity index (χ0v) is 17.0. The summed E-state index contributed by atoms with van der Waals surface area (Å²) in [6.07, 6.45) is 3.79. The van der Waals surface area contributed by atoms with Crippen LogP contribution >= 0.6 is 11.6 Å². The van der Waals surface area contributed by atoms with Gasteiger partial charge in [-0.3, -0.25) is 4.90 Å². The van der Waals surface area contributed by atoms with E-state index < -0.39 is 0 Å². The van der Waals surface area contributed by atoms with E-state index in [1.165, 1.54) is 6.07 Å². The summed E-state index contributed by atoms with van der Waals surface area (Å²) in [5, 5.41) is 1.46. The molecule has 0 amide bonds. The van der Waals surface area contributed by atoms with Crippen LogP contribution in [0.15, 0.2) is 33.5 Å². The number of fused-ring (bicyclic) bond motifs is 4. The van der Waals surface area contributed by atoms with Crippen LogP contribution in [-0.4, -0.2) is 6.73 Å². The van der Waals surface area contributed by atoms with Gasteiger partial charge in [-0.2, -0.15) is 0 Å². The molecule has 1 aliphatic carbocycles. The Hall–Kier alpha value is -2.37. The minimum Gasteiger partial charge on any atom is -0.444 e. The monoisotopic (exact) mass is 414 g/mol. The van der Waals surface area contributed by atoms with Gasteiger partial charge in [-0.15, -0.1) is 0 Å². The second kappa shape index (κ2) is 7.15. The highest BCUT2D eigenvalue weighted by Gasteiger charge is 2.28. The Morgan fingerprint density at radius 2 is 2.00 bits per heavy atom. The van der Waals surface area contributed by atoms with Crippen molar-refractivity contribution in [2.75, 3.05) is 6.73 Å². The van der Waals surface area contributed by atoms with Crippen LogP contribution in [0.5, 0.6) is 5.75 Å². The third-order valence-electron chi connectivity index (χ3n) is 6.12. The number of benzene rings is 2. The third-order valence-corrected chi connectivity index (χ3v) is 6.47. The molecule has 0 radical (unpaired) electrons. The van der Waals surface area contributed by atoms with Crippen molar-refractivity contribution >= 4 is 22.6 Å². The molecule has 150 valence electrons. The van der Waals surface area contributed by atoms with Crippen LogP contribution in [-0.2, 0) is 25.9 Å².